The van der Waals surface area contributed by atoms with Crippen LogP contribution in [-0.4, -0.2) is 43.7 Å². The molecular weight excluding hydrogens is 482 g/mol. The summed E-state index contributed by atoms with van der Waals surface area (Å²) in [5, 5.41) is 13.5. The van der Waals surface area contributed by atoms with Gasteiger partial charge < -0.3 is 24.6 Å². The van der Waals surface area contributed by atoms with Gasteiger partial charge in [-0.1, -0.05) is 6.92 Å². The Bertz CT molecular complexity index is 1040. The lowest BCUT2D eigenvalue weighted by atomic mass is 9.69. The Labute approximate surface area is 194 Å². The van der Waals surface area contributed by atoms with E-state index in [-0.39, 0.29) is 29.6 Å². The second kappa shape index (κ2) is 9.36. The SMILES string of the molecule is CCOC(=O)C1=C(C)NC2=C(C(=O)[C@H](C(=O)OC)[C@H](C)C2)[C@@H]1c1cc(Br)c(O)c(OC)c1. The van der Waals surface area contributed by atoms with Gasteiger partial charge in [-0.05, 0) is 59.8 Å². The molecule has 1 heterocycles. The van der Waals surface area contributed by atoms with E-state index in [2.05, 4.69) is 21.2 Å². The number of allylic oxidation sites excluding steroid dienone is 3. The van der Waals surface area contributed by atoms with Gasteiger partial charge in [0.25, 0.3) is 0 Å². The fourth-order valence-electron chi connectivity index (χ4n) is 4.41. The number of dihydropyridines is 1. The summed E-state index contributed by atoms with van der Waals surface area (Å²) in [5.41, 5.74) is 2.33. The van der Waals surface area contributed by atoms with Crippen molar-refractivity contribution in [1.82, 2.24) is 5.32 Å². The first-order valence-electron chi connectivity index (χ1n) is 10.2. The summed E-state index contributed by atoms with van der Waals surface area (Å²) in [6.45, 7) is 5.43. The fraction of sp³-hybridized carbons (Fsp3) is 0.435. The van der Waals surface area contributed by atoms with Crippen LogP contribution in [0.5, 0.6) is 11.5 Å². The molecule has 9 heteroatoms. The van der Waals surface area contributed by atoms with Crippen molar-refractivity contribution in [2.75, 3.05) is 20.8 Å². The van der Waals surface area contributed by atoms with Gasteiger partial charge in [0, 0.05) is 22.9 Å². The molecule has 1 aromatic carbocycles. The van der Waals surface area contributed by atoms with E-state index in [1.165, 1.54) is 14.2 Å². The first kappa shape index (κ1) is 23.8. The summed E-state index contributed by atoms with van der Waals surface area (Å²) >= 11 is 3.31. The zero-order valence-electron chi connectivity index (χ0n) is 18.6. The van der Waals surface area contributed by atoms with Gasteiger partial charge in [-0.25, -0.2) is 4.79 Å². The fourth-order valence-corrected chi connectivity index (χ4v) is 4.87. The third-order valence-electron chi connectivity index (χ3n) is 5.84. The minimum absolute atomic E-state index is 0.103. The summed E-state index contributed by atoms with van der Waals surface area (Å²) in [6.07, 6.45) is 0.432. The predicted octanol–water partition coefficient (Wildman–Crippen LogP) is 3.34. The lowest BCUT2D eigenvalue weighted by molar-refractivity contribution is -0.151. The maximum atomic E-state index is 13.6. The molecule has 0 aromatic heterocycles. The molecule has 0 bridgehead atoms. The molecule has 1 aliphatic carbocycles. The predicted molar refractivity (Wildman–Crippen MR) is 119 cm³/mol. The third kappa shape index (κ3) is 4.01. The number of benzene rings is 1. The smallest absolute Gasteiger partial charge is 0.336 e. The van der Waals surface area contributed by atoms with Gasteiger partial charge in [-0.15, -0.1) is 0 Å². The number of methoxy groups -OCH3 is 2. The molecule has 0 radical (unpaired) electrons. The van der Waals surface area contributed by atoms with E-state index < -0.39 is 29.6 Å². The Morgan fingerprint density at radius 1 is 1.28 bits per heavy atom. The monoisotopic (exact) mass is 507 g/mol. The van der Waals surface area contributed by atoms with E-state index in [1.54, 1.807) is 26.0 Å². The van der Waals surface area contributed by atoms with Crippen LogP contribution in [0.1, 0.15) is 38.7 Å². The van der Waals surface area contributed by atoms with Crippen LogP contribution in [0.4, 0.5) is 0 Å². The van der Waals surface area contributed by atoms with Gasteiger partial charge in [0.05, 0.1) is 30.9 Å². The Hall–Kier alpha value is -2.81. The second-order valence-electron chi connectivity index (χ2n) is 7.81. The van der Waals surface area contributed by atoms with Gasteiger partial charge in [-0.3, -0.25) is 9.59 Å². The van der Waals surface area contributed by atoms with E-state index >= 15 is 0 Å². The molecule has 1 aromatic rings. The number of esters is 2. The van der Waals surface area contributed by atoms with Crippen molar-refractivity contribution in [3.05, 3.63) is 44.7 Å². The standard InChI is InChI=1S/C23H26BrNO7/c1-6-32-23(29)17-11(3)25-14-7-10(2)16(22(28)31-5)21(27)19(14)18(17)12-8-13(24)20(26)15(9-12)30-4/h8-10,16,18,25-26H,6-7H2,1-5H3/t10-,16-,18-/m1/s1. The lowest BCUT2D eigenvalue weighted by Crippen LogP contribution is -2.43. The largest absolute Gasteiger partial charge is 0.503 e. The summed E-state index contributed by atoms with van der Waals surface area (Å²) in [4.78, 5) is 39.0. The normalized spacial score (nSPS) is 22.8. The number of rotatable bonds is 5. The maximum absolute atomic E-state index is 13.6. The van der Waals surface area contributed by atoms with Crippen LogP contribution in [0.25, 0.3) is 0 Å². The highest BCUT2D eigenvalue weighted by atomic mass is 79.9. The summed E-state index contributed by atoms with van der Waals surface area (Å²) < 4.78 is 15.8. The number of hydrogen-bond donors (Lipinski definition) is 2. The molecule has 2 aliphatic rings. The van der Waals surface area contributed by atoms with Crippen LogP contribution in [-0.2, 0) is 23.9 Å². The number of nitrogens with one attached hydrogen (secondary N) is 1. The number of halogens is 1. The van der Waals surface area contributed by atoms with Crippen LogP contribution in [0.2, 0.25) is 0 Å². The molecular formula is C23H26BrNO7. The molecule has 172 valence electrons. The van der Waals surface area contributed by atoms with Crippen LogP contribution < -0.4 is 10.1 Å². The topological polar surface area (TPSA) is 111 Å². The zero-order valence-corrected chi connectivity index (χ0v) is 20.2. The number of phenolic OH excluding ortho intramolecular Hbond substituents is 1. The Morgan fingerprint density at radius 2 is 1.97 bits per heavy atom. The first-order chi connectivity index (χ1) is 15.2. The molecule has 3 rings (SSSR count). The van der Waals surface area contributed by atoms with Gasteiger partial charge in [-0.2, -0.15) is 0 Å². The number of phenols is 1. The van der Waals surface area contributed by atoms with Crippen molar-refractivity contribution < 1.29 is 33.7 Å². The second-order valence-corrected chi connectivity index (χ2v) is 8.66. The van der Waals surface area contributed by atoms with Crippen molar-refractivity contribution in [2.45, 2.75) is 33.1 Å². The average molecular weight is 508 g/mol. The zero-order chi connectivity index (χ0) is 23.7. The molecule has 0 saturated carbocycles. The Morgan fingerprint density at radius 3 is 2.56 bits per heavy atom. The highest BCUT2D eigenvalue weighted by molar-refractivity contribution is 9.10. The molecule has 0 saturated heterocycles. The number of aromatic hydroxyl groups is 1. The van der Waals surface area contributed by atoms with E-state index in [4.69, 9.17) is 14.2 Å². The van der Waals surface area contributed by atoms with Crippen LogP contribution in [0.3, 0.4) is 0 Å². The highest BCUT2D eigenvalue weighted by Gasteiger charge is 2.47. The Kier molecular flexibility index (Phi) is 6.97. The van der Waals surface area contributed by atoms with Crippen LogP contribution in [0, 0.1) is 11.8 Å². The summed E-state index contributed by atoms with van der Waals surface area (Å²) in [7, 11) is 2.66. The van der Waals surface area contributed by atoms with Gasteiger partial charge in [0.15, 0.2) is 17.3 Å². The molecule has 2 N–H and O–H groups in total. The third-order valence-corrected chi connectivity index (χ3v) is 6.45. The van der Waals surface area contributed by atoms with Crippen molar-refractivity contribution in [3.63, 3.8) is 0 Å². The molecule has 1 aliphatic heterocycles. The number of Topliss-reactive ketones (excluding diaryl/α,β-unsaturated/α-hetero) is 1. The first-order valence-corrected chi connectivity index (χ1v) is 11.0. The molecule has 0 unspecified atom stereocenters. The van der Waals surface area contributed by atoms with E-state index in [9.17, 15) is 19.5 Å². The molecule has 0 fully saturated rings. The van der Waals surface area contributed by atoms with Crippen LogP contribution in [0.15, 0.2) is 39.1 Å². The van der Waals surface area contributed by atoms with E-state index in [0.29, 0.717) is 33.4 Å². The minimum Gasteiger partial charge on any atom is -0.503 e. The quantitative estimate of drug-likeness (QED) is 0.461. The van der Waals surface area contributed by atoms with Crippen molar-refractivity contribution in [1.29, 1.82) is 0 Å². The lowest BCUT2D eigenvalue weighted by Gasteiger charge is -2.38. The van der Waals surface area contributed by atoms with Gasteiger partial charge in [0.2, 0.25) is 0 Å². The molecule has 32 heavy (non-hydrogen) atoms. The number of carbonyl (C=O) groups excluding carboxylic acids is 3. The number of carbonyl (C=O) groups is 3. The Balaban J connectivity index is 2.26. The molecule has 0 spiro atoms. The maximum Gasteiger partial charge on any atom is 0.336 e. The molecule has 0 amide bonds. The minimum atomic E-state index is -0.979. The van der Waals surface area contributed by atoms with Crippen molar-refractivity contribution >= 4 is 33.7 Å². The van der Waals surface area contributed by atoms with E-state index in [1.807, 2.05) is 6.92 Å². The van der Waals surface area contributed by atoms with Gasteiger partial charge in [0.1, 0.15) is 5.92 Å². The highest BCUT2D eigenvalue weighted by Crippen LogP contribution is 2.48. The van der Waals surface area contributed by atoms with Crippen molar-refractivity contribution in [2.24, 2.45) is 11.8 Å². The molecule has 8 nitrogen and oxygen atoms in total. The average Bonchev–Trinajstić information content (AvgIpc) is 2.74. The summed E-state index contributed by atoms with van der Waals surface area (Å²) in [6, 6.07) is 3.20. The number of ketones is 1. The van der Waals surface area contributed by atoms with Crippen molar-refractivity contribution in [3.8, 4) is 11.5 Å². The number of hydrogen-bond acceptors (Lipinski definition) is 8. The van der Waals surface area contributed by atoms with E-state index in [0.717, 1.165) is 0 Å². The summed E-state index contributed by atoms with van der Waals surface area (Å²) in [5.74, 6) is -3.58. The van der Waals surface area contributed by atoms with Crippen LogP contribution >= 0.6 is 15.9 Å². The number of ether oxygens (including phenoxy) is 3. The molecule has 3 atom stereocenters. The van der Waals surface area contributed by atoms with Gasteiger partial charge >= 0.3 is 11.9 Å².